The van der Waals surface area contributed by atoms with E-state index in [1.54, 1.807) is 0 Å². The van der Waals surface area contributed by atoms with Crippen LogP contribution in [0, 0.1) is 0 Å². The standard InChI is InChI=1S/C12H16N2S/c1-13(2)12(15)10-8-14(3)11-7-5-4-6-9(10)11/h4-8,12,15H,1-3H3. The highest BCUT2D eigenvalue weighted by Crippen LogP contribution is 2.30. The highest BCUT2D eigenvalue weighted by molar-refractivity contribution is 7.80. The number of nitrogens with zero attached hydrogens (tertiary/aromatic N) is 2. The average molecular weight is 220 g/mol. The Morgan fingerprint density at radius 1 is 1.27 bits per heavy atom. The van der Waals surface area contributed by atoms with Gasteiger partial charge < -0.3 is 4.57 Å². The van der Waals surface area contributed by atoms with E-state index in [1.807, 2.05) is 14.1 Å². The van der Waals surface area contributed by atoms with Crippen LogP contribution in [0.5, 0.6) is 0 Å². The quantitative estimate of drug-likeness (QED) is 0.604. The fraction of sp³-hybridized carbons (Fsp3) is 0.333. The molecule has 2 rings (SSSR count). The largest absolute Gasteiger partial charge is 0.350 e. The van der Waals surface area contributed by atoms with Gasteiger partial charge in [0.25, 0.3) is 0 Å². The van der Waals surface area contributed by atoms with Gasteiger partial charge in [0.15, 0.2) is 0 Å². The molecule has 0 aliphatic heterocycles. The van der Waals surface area contributed by atoms with E-state index in [-0.39, 0.29) is 5.37 Å². The maximum Gasteiger partial charge on any atom is 0.0800 e. The van der Waals surface area contributed by atoms with Crippen molar-refractivity contribution in [3.05, 3.63) is 36.0 Å². The van der Waals surface area contributed by atoms with Gasteiger partial charge in [-0.25, -0.2) is 0 Å². The summed E-state index contributed by atoms with van der Waals surface area (Å²) in [5.74, 6) is 0. The van der Waals surface area contributed by atoms with E-state index < -0.39 is 0 Å². The zero-order valence-electron chi connectivity index (χ0n) is 9.31. The van der Waals surface area contributed by atoms with Gasteiger partial charge in [0, 0.05) is 29.7 Å². The van der Waals surface area contributed by atoms with Crippen LogP contribution in [0.15, 0.2) is 30.5 Å². The van der Waals surface area contributed by atoms with Crippen LogP contribution >= 0.6 is 12.6 Å². The minimum Gasteiger partial charge on any atom is -0.350 e. The Morgan fingerprint density at radius 2 is 1.93 bits per heavy atom. The first-order valence-corrected chi connectivity index (χ1v) is 5.51. The lowest BCUT2D eigenvalue weighted by Crippen LogP contribution is -2.14. The molecule has 1 aromatic heterocycles. The summed E-state index contributed by atoms with van der Waals surface area (Å²) in [5.41, 5.74) is 2.52. The molecule has 0 saturated carbocycles. The number of hydrogen-bond donors (Lipinski definition) is 1. The van der Waals surface area contributed by atoms with Crippen LogP contribution in [0.2, 0.25) is 0 Å². The van der Waals surface area contributed by atoms with Gasteiger partial charge in [-0.15, -0.1) is 0 Å². The molecule has 1 heterocycles. The van der Waals surface area contributed by atoms with Crippen molar-refractivity contribution in [3.8, 4) is 0 Å². The van der Waals surface area contributed by atoms with Crippen molar-refractivity contribution in [1.29, 1.82) is 0 Å². The van der Waals surface area contributed by atoms with E-state index in [9.17, 15) is 0 Å². The molecular formula is C12H16N2S. The highest BCUT2D eigenvalue weighted by Gasteiger charge is 2.14. The van der Waals surface area contributed by atoms with Gasteiger partial charge in [-0.1, -0.05) is 18.2 Å². The molecule has 0 aliphatic carbocycles. The number of rotatable bonds is 2. The molecule has 3 heteroatoms. The van der Waals surface area contributed by atoms with Crippen LogP contribution < -0.4 is 0 Å². The van der Waals surface area contributed by atoms with Gasteiger partial charge in [-0.3, -0.25) is 4.90 Å². The van der Waals surface area contributed by atoms with Gasteiger partial charge >= 0.3 is 0 Å². The summed E-state index contributed by atoms with van der Waals surface area (Å²) in [5, 5.41) is 1.44. The Hall–Kier alpha value is -0.930. The smallest absolute Gasteiger partial charge is 0.0800 e. The Morgan fingerprint density at radius 3 is 2.60 bits per heavy atom. The molecule has 0 spiro atoms. The summed E-state index contributed by atoms with van der Waals surface area (Å²) >= 11 is 4.62. The summed E-state index contributed by atoms with van der Waals surface area (Å²) in [6, 6.07) is 8.42. The first kappa shape index (κ1) is 10.6. The van der Waals surface area contributed by atoms with Crippen molar-refractivity contribution >= 4 is 23.5 Å². The lowest BCUT2D eigenvalue weighted by Gasteiger charge is -2.18. The molecule has 1 atom stereocenters. The van der Waals surface area contributed by atoms with Gasteiger partial charge in [0.2, 0.25) is 0 Å². The predicted molar refractivity (Wildman–Crippen MR) is 68.3 cm³/mol. The molecule has 1 aromatic carbocycles. The third-order valence-electron chi connectivity index (χ3n) is 2.70. The van der Waals surface area contributed by atoms with Crippen molar-refractivity contribution in [2.45, 2.75) is 5.37 Å². The molecular weight excluding hydrogens is 204 g/mol. The second-order valence-corrected chi connectivity index (χ2v) is 4.54. The number of hydrogen-bond acceptors (Lipinski definition) is 2. The van der Waals surface area contributed by atoms with Crippen LogP contribution in [-0.2, 0) is 7.05 Å². The lowest BCUT2D eigenvalue weighted by atomic mass is 10.1. The van der Waals surface area contributed by atoms with E-state index in [2.05, 4.69) is 59.6 Å². The summed E-state index contributed by atoms with van der Waals surface area (Å²) in [7, 11) is 6.15. The van der Waals surface area contributed by atoms with Crippen LogP contribution in [0.25, 0.3) is 10.9 Å². The molecule has 0 fully saturated rings. The van der Waals surface area contributed by atoms with Crippen LogP contribution in [0.4, 0.5) is 0 Å². The molecule has 0 amide bonds. The lowest BCUT2D eigenvalue weighted by molar-refractivity contribution is 0.395. The molecule has 0 aliphatic rings. The third-order valence-corrected chi connectivity index (χ3v) is 3.44. The summed E-state index contributed by atoms with van der Waals surface area (Å²) in [6.07, 6.45) is 2.16. The molecule has 2 nitrogen and oxygen atoms in total. The van der Waals surface area contributed by atoms with E-state index in [0.29, 0.717) is 0 Å². The summed E-state index contributed by atoms with van der Waals surface area (Å²) in [6.45, 7) is 0. The fourth-order valence-electron chi connectivity index (χ4n) is 1.86. The van der Waals surface area contributed by atoms with Gasteiger partial charge in [0.1, 0.15) is 0 Å². The highest BCUT2D eigenvalue weighted by atomic mass is 32.1. The van der Waals surface area contributed by atoms with E-state index >= 15 is 0 Å². The Kier molecular flexibility index (Phi) is 2.76. The Bertz CT molecular complexity index is 473. The van der Waals surface area contributed by atoms with E-state index in [1.165, 1.54) is 16.5 Å². The van der Waals surface area contributed by atoms with Crippen molar-refractivity contribution in [2.75, 3.05) is 14.1 Å². The van der Waals surface area contributed by atoms with Gasteiger partial charge in [-0.2, -0.15) is 12.6 Å². The maximum atomic E-state index is 4.62. The van der Waals surface area contributed by atoms with Crippen molar-refractivity contribution in [1.82, 2.24) is 9.47 Å². The first-order valence-electron chi connectivity index (χ1n) is 4.99. The molecule has 2 aromatic rings. The minimum atomic E-state index is 0.149. The minimum absolute atomic E-state index is 0.149. The van der Waals surface area contributed by atoms with Crippen LogP contribution in [-0.4, -0.2) is 23.6 Å². The second-order valence-electron chi connectivity index (χ2n) is 4.05. The van der Waals surface area contributed by atoms with E-state index in [4.69, 9.17) is 0 Å². The first-order chi connectivity index (χ1) is 7.11. The monoisotopic (exact) mass is 220 g/mol. The van der Waals surface area contributed by atoms with Crippen molar-refractivity contribution in [2.24, 2.45) is 7.05 Å². The number of thiol groups is 1. The van der Waals surface area contributed by atoms with Crippen LogP contribution in [0.3, 0.4) is 0 Å². The molecule has 0 N–H and O–H groups in total. The molecule has 15 heavy (non-hydrogen) atoms. The Balaban J connectivity index is 2.62. The zero-order valence-corrected chi connectivity index (χ0v) is 10.2. The third kappa shape index (κ3) is 1.77. The number of aromatic nitrogens is 1. The summed E-state index contributed by atoms with van der Waals surface area (Å²) in [4.78, 5) is 2.10. The second kappa shape index (κ2) is 3.91. The van der Waals surface area contributed by atoms with Crippen molar-refractivity contribution < 1.29 is 0 Å². The average Bonchev–Trinajstić information content (AvgIpc) is 2.56. The molecule has 0 bridgehead atoms. The molecule has 0 radical (unpaired) electrons. The topological polar surface area (TPSA) is 8.17 Å². The maximum absolute atomic E-state index is 4.62. The number of benzene rings is 1. The van der Waals surface area contributed by atoms with Crippen molar-refractivity contribution in [3.63, 3.8) is 0 Å². The number of para-hydroxylation sites is 1. The Labute approximate surface area is 95.9 Å². The predicted octanol–water partition coefficient (Wildman–Crippen LogP) is 2.67. The zero-order chi connectivity index (χ0) is 11.0. The van der Waals surface area contributed by atoms with Gasteiger partial charge in [-0.05, 0) is 20.2 Å². The SMILES string of the molecule is CN(C)C(S)c1cn(C)c2ccccc12. The number of aryl methyl sites for hydroxylation is 1. The fourth-order valence-corrected chi connectivity index (χ4v) is 2.06. The molecule has 0 saturated heterocycles. The van der Waals surface area contributed by atoms with Crippen LogP contribution in [0.1, 0.15) is 10.9 Å². The number of fused-ring (bicyclic) bond motifs is 1. The van der Waals surface area contributed by atoms with Gasteiger partial charge in [0.05, 0.1) is 5.37 Å². The normalized spacial score (nSPS) is 13.7. The molecule has 80 valence electrons. The summed E-state index contributed by atoms with van der Waals surface area (Å²) < 4.78 is 2.15. The molecule has 1 unspecified atom stereocenters. The van der Waals surface area contributed by atoms with E-state index in [0.717, 1.165) is 0 Å².